The Bertz CT molecular complexity index is 436. The van der Waals surface area contributed by atoms with Crippen LogP contribution < -0.4 is 5.56 Å². The molecule has 0 spiro atoms. The second-order valence-corrected chi connectivity index (χ2v) is 5.16. The summed E-state index contributed by atoms with van der Waals surface area (Å²) in [7, 11) is 0. The van der Waals surface area contributed by atoms with Crippen molar-refractivity contribution in [3.63, 3.8) is 0 Å². The molecule has 1 aliphatic heterocycles. The van der Waals surface area contributed by atoms with E-state index in [4.69, 9.17) is 4.74 Å². The van der Waals surface area contributed by atoms with Crippen LogP contribution in [0.5, 0.6) is 0 Å². The Morgan fingerprint density at radius 1 is 1.56 bits per heavy atom. The first-order valence-corrected chi connectivity index (χ1v) is 6.26. The van der Waals surface area contributed by atoms with E-state index in [1.54, 1.807) is 0 Å². The Labute approximate surface area is 103 Å². The van der Waals surface area contributed by atoms with Gasteiger partial charge in [0.1, 0.15) is 10.3 Å². The van der Waals surface area contributed by atoms with Crippen LogP contribution in [-0.2, 0) is 4.74 Å². The molecule has 1 fully saturated rings. The average molecular weight is 287 g/mol. The van der Waals surface area contributed by atoms with Gasteiger partial charge < -0.3 is 9.72 Å². The van der Waals surface area contributed by atoms with Gasteiger partial charge in [-0.25, -0.2) is 4.98 Å². The fourth-order valence-electron chi connectivity index (χ4n) is 1.82. The number of aromatic amines is 1. The number of rotatable bonds is 2. The van der Waals surface area contributed by atoms with Crippen LogP contribution in [0, 0.1) is 0 Å². The number of ether oxygens (including phenoxy) is 1. The standard InChI is InChI=1S/C11H15BrN2O2/c1-6(2)9-8(12)11(15)14-10(13-9)7-3-4-16-5-7/h6-7H,3-5H2,1-2H3,(H,13,14,15). The predicted octanol–water partition coefficient (Wildman–Crippen LogP) is 2.16. The van der Waals surface area contributed by atoms with Crippen LogP contribution in [0.15, 0.2) is 9.27 Å². The molecule has 1 aromatic heterocycles. The number of H-pyrrole nitrogens is 1. The van der Waals surface area contributed by atoms with Gasteiger partial charge in [-0.05, 0) is 28.3 Å². The number of halogens is 1. The van der Waals surface area contributed by atoms with Gasteiger partial charge in [-0.1, -0.05) is 13.8 Å². The van der Waals surface area contributed by atoms with E-state index in [-0.39, 0.29) is 17.4 Å². The van der Waals surface area contributed by atoms with E-state index in [0.29, 0.717) is 11.1 Å². The molecule has 16 heavy (non-hydrogen) atoms. The molecule has 0 bridgehead atoms. The molecule has 1 unspecified atom stereocenters. The van der Waals surface area contributed by atoms with Crippen molar-refractivity contribution in [3.05, 3.63) is 26.3 Å². The first-order valence-electron chi connectivity index (χ1n) is 5.47. The summed E-state index contributed by atoms with van der Waals surface area (Å²) in [6.07, 6.45) is 0.933. The molecule has 2 heterocycles. The van der Waals surface area contributed by atoms with Crippen molar-refractivity contribution in [2.24, 2.45) is 0 Å². The quantitative estimate of drug-likeness (QED) is 0.907. The highest BCUT2D eigenvalue weighted by Gasteiger charge is 2.22. The second kappa shape index (κ2) is 4.67. The molecule has 0 radical (unpaired) electrons. The third kappa shape index (κ3) is 2.20. The topological polar surface area (TPSA) is 55.0 Å². The fourth-order valence-corrected chi connectivity index (χ4v) is 2.47. The molecule has 0 amide bonds. The average Bonchev–Trinajstić information content (AvgIpc) is 2.74. The number of hydrogen-bond donors (Lipinski definition) is 1. The second-order valence-electron chi connectivity index (χ2n) is 4.37. The smallest absolute Gasteiger partial charge is 0.265 e. The van der Waals surface area contributed by atoms with Crippen molar-refractivity contribution >= 4 is 15.9 Å². The Morgan fingerprint density at radius 2 is 2.31 bits per heavy atom. The third-order valence-electron chi connectivity index (χ3n) is 2.77. The molecule has 1 aliphatic rings. The Balaban J connectivity index is 2.43. The zero-order valence-corrected chi connectivity index (χ0v) is 11.0. The molecule has 1 aromatic rings. The molecular weight excluding hydrogens is 272 g/mol. The fraction of sp³-hybridized carbons (Fsp3) is 0.636. The minimum absolute atomic E-state index is 0.0967. The van der Waals surface area contributed by atoms with Gasteiger partial charge in [0.05, 0.1) is 12.3 Å². The van der Waals surface area contributed by atoms with Gasteiger partial charge >= 0.3 is 0 Å². The lowest BCUT2D eigenvalue weighted by Gasteiger charge is -2.12. The van der Waals surface area contributed by atoms with Crippen LogP contribution in [0.1, 0.15) is 43.6 Å². The highest BCUT2D eigenvalue weighted by Crippen LogP contribution is 2.25. The van der Waals surface area contributed by atoms with Crippen LogP contribution in [0.3, 0.4) is 0 Å². The number of nitrogens with one attached hydrogen (secondary N) is 1. The van der Waals surface area contributed by atoms with Crippen molar-refractivity contribution in [2.75, 3.05) is 13.2 Å². The van der Waals surface area contributed by atoms with E-state index < -0.39 is 0 Å². The van der Waals surface area contributed by atoms with Gasteiger partial charge in [-0.2, -0.15) is 0 Å². The summed E-state index contributed by atoms with van der Waals surface area (Å²) >= 11 is 3.29. The highest BCUT2D eigenvalue weighted by molar-refractivity contribution is 9.10. The minimum Gasteiger partial charge on any atom is -0.381 e. The predicted molar refractivity (Wildman–Crippen MR) is 64.8 cm³/mol. The molecule has 88 valence electrons. The van der Waals surface area contributed by atoms with Crippen LogP contribution in [0.4, 0.5) is 0 Å². The lowest BCUT2D eigenvalue weighted by molar-refractivity contribution is 0.193. The molecule has 0 aliphatic carbocycles. The SMILES string of the molecule is CC(C)c1nc(C2CCOC2)[nH]c(=O)c1Br. The van der Waals surface area contributed by atoms with Gasteiger partial charge in [-0.3, -0.25) is 4.79 Å². The van der Waals surface area contributed by atoms with Crippen molar-refractivity contribution in [3.8, 4) is 0 Å². The van der Waals surface area contributed by atoms with E-state index in [2.05, 4.69) is 25.9 Å². The first kappa shape index (κ1) is 11.8. The van der Waals surface area contributed by atoms with Crippen molar-refractivity contribution in [2.45, 2.75) is 32.1 Å². The van der Waals surface area contributed by atoms with Gasteiger partial charge in [0.25, 0.3) is 5.56 Å². The zero-order chi connectivity index (χ0) is 11.7. The third-order valence-corrected chi connectivity index (χ3v) is 3.54. The summed E-state index contributed by atoms with van der Waals surface area (Å²) in [6, 6.07) is 0. The van der Waals surface area contributed by atoms with Crippen molar-refractivity contribution < 1.29 is 4.74 Å². The van der Waals surface area contributed by atoms with Gasteiger partial charge in [0, 0.05) is 12.5 Å². The Kier molecular flexibility index (Phi) is 3.44. The van der Waals surface area contributed by atoms with Crippen LogP contribution in [-0.4, -0.2) is 23.2 Å². The van der Waals surface area contributed by atoms with Gasteiger partial charge in [0.15, 0.2) is 0 Å². The van der Waals surface area contributed by atoms with Crippen LogP contribution in [0.2, 0.25) is 0 Å². The summed E-state index contributed by atoms with van der Waals surface area (Å²) in [5.41, 5.74) is 0.728. The Hall–Kier alpha value is -0.680. The first-order chi connectivity index (χ1) is 7.59. The number of nitrogens with zero attached hydrogens (tertiary/aromatic N) is 1. The molecule has 1 atom stereocenters. The summed E-state index contributed by atoms with van der Waals surface area (Å²) in [5, 5.41) is 0. The normalized spacial score (nSPS) is 20.6. The van der Waals surface area contributed by atoms with E-state index in [9.17, 15) is 4.79 Å². The molecule has 5 heteroatoms. The van der Waals surface area contributed by atoms with Crippen molar-refractivity contribution in [1.82, 2.24) is 9.97 Å². The summed E-state index contributed by atoms with van der Waals surface area (Å²) < 4.78 is 5.85. The monoisotopic (exact) mass is 286 g/mol. The van der Waals surface area contributed by atoms with E-state index in [1.165, 1.54) is 0 Å². The summed E-state index contributed by atoms with van der Waals surface area (Å²) in [4.78, 5) is 19.1. The molecule has 1 N–H and O–H groups in total. The molecule has 2 rings (SSSR count). The maximum Gasteiger partial charge on any atom is 0.265 e. The lowest BCUT2D eigenvalue weighted by atomic mass is 10.1. The van der Waals surface area contributed by atoms with Crippen LogP contribution in [0.25, 0.3) is 0 Å². The molecule has 1 saturated heterocycles. The maximum absolute atomic E-state index is 11.7. The zero-order valence-electron chi connectivity index (χ0n) is 9.42. The Morgan fingerprint density at radius 3 is 2.88 bits per heavy atom. The largest absolute Gasteiger partial charge is 0.381 e. The number of hydrogen-bond acceptors (Lipinski definition) is 3. The van der Waals surface area contributed by atoms with Gasteiger partial charge in [-0.15, -0.1) is 0 Å². The van der Waals surface area contributed by atoms with Crippen LogP contribution >= 0.6 is 15.9 Å². The molecule has 0 saturated carbocycles. The molecular formula is C11H15BrN2O2. The molecule has 4 nitrogen and oxygen atoms in total. The number of aromatic nitrogens is 2. The van der Waals surface area contributed by atoms with E-state index >= 15 is 0 Å². The van der Waals surface area contributed by atoms with Crippen molar-refractivity contribution in [1.29, 1.82) is 0 Å². The van der Waals surface area contributed by atoms with E-state index in [0.717, 1.165) is 24.5 Å². The minimum atomic E-state index is -0.0967. The molecule has 0 aromatic carbocycles. The summed E-state index contributed by atoms with van der Waals surface area (Å²) in [6.45, 7) is 5.46. The van der Waals surface area contributed by atoms with E-state index in [1.807, 2.05) is 13.8 Å². The maximum atomic E-state index is 11.7. The highest BCUT2D eigenvalue weighted by atomic mass is 79.9. The van der Waals surface area contributed by atoms with Gasteiger partial charge in [0.2, 0.25) is 0 Å². The lowest BCUT2D eigenvalue weighted by Crippen LogP contribution is -2.18. The summed E-state index contributed by atoms with van der Waals surface area (Å²) in [5.74, 6) is 1.23.